The van der Waals surface area contributed by atoms with E-state index in [4.69, 9.17) is 9.73 Å². The number of aliphatic imine (C=N–C) groups is 1. The van der Waals surface area contributed by atoms with Gasteiger partial charge < -0.3 is 24.8 Å². The van der Waals surface area contributed by atoms with Crippen molar-refractivity contribution < 1.29 is 4.74 Å². The van der Waals surface area contributed by atoms with Gasteiger partial charge in [-0.25, -0.2) is 4.99 Å². The Morgan fingerprint density at radius 3 is 2.42 bits per heavy atom. The summed E-state index contributed by atoms with van der Waals surface area (Å²) in [5, 5.41) is 15.3. The molecule has 1 aromatic carbocycles. The fraction of sp³-hybridized carbons (Fsp3) is 0.591. The molecule has 1 fully saturated rings. The number of piperidine rings is 1. The number of nitrogens with zero attached hydrogens (tertiary/aromatic N) is 5. The van der Waals surface area contributed by atoms with Gasteiger partial charge in [0, 0.05) is 26.7 Å². The lowest BCUT2D eigenvalue weighted by Gasteiger charge is -2.26. The number of hydrogen-bond donors (Lipinski definition) is 2. The highest BCUT2D eigenvalue weighted by atomic mass is 127. The van der Waals surface area contributed by atoms with E-state index in [-0.39, 0.29) is 24.0 Å². The van der Waals surface area contributed by atoms with E-state index in [2.05, 4.69) is 37.9 Å². The van der Waals surface area contributed by atoms with Crippen molar-refractivity contribution in [1.29, 1.82) is 0 Å². The third kappa shape index (κ3) is 8.29. The van der Waals surface area contributed by atoms with E-state index in [1.54, 1.807) is 7.11 Å². The van der Waals surface area contributed by atoms with Crippen LogP contribution in [0.1, 0.15) is 36.5 Å². The number of benzene rings is 1. The van der Waals surface area contributed by atoms with Crippen LogP contribution in [0.25, 0.3) is 0 Å². The number of aromatic nitrogens is 3. The molecule has 0 amide bonds. The van der Waals surface area contributed by atoms with Gasteiger partial charge in [-0.2, -0.15) is 0 Å². The molecule has 1 aliphatic rings. The molecule has 2 N–H and O–H groups in total. The molecule has 0 aliphatic carbocycles. The number of methoxy groups -OCH3 is 1. The van der Waals surface area contributed by atoms with Crippen LogP contribution >= 0.6 is 24.0 Å². The van der Waals surface area contributed by atoms with Gasteiger partial charge >= 0.3 is 0 Å². The second kappa shape index (κ2) is 13.5. The molecule has 0 radical (unpaired) electrons. The topological polar surface area (TPSA) is 79.6 Å². The molecular weight excluding hydrogens is 505 g/mol. The summed E-state index contributed by atoms with van der Waals surface area (Å²) in [5.74, 6) is 3.46. The van der Waals surface area contributed by atoms with Crippen LogP contribution in [-0.2, 0) is 20.0 Å². The molecule has 2 heterocycles. The summed E-state index contributed by atoms with van der Waals surface area (Å²) in [6.45, 7) is 7.59. The number of halogens is 1. The van der Waals surface area contributed by atoms with E-state index in [0.29, 0.717) is 6.54 Å². The van der Waals surface area contributed by atoms with E-state index >= 15 is 0 Å². The van der Waals surface area contributed by atoms with Crippen molar-refractivity contribution in [2.45, 2.75) is 39.2 Å². The smallest absolute Gasteiger partial charge is 0.191 e. The van der Waals surface area contributed by atoms with Gasteiger partial charge in [-0.3, -0.25) is 0 Å². The average molecular weight is 541 g/mol. The largest absolute Gasteiger partial charge is 0.497 e. The van der Waals surface area contributed by atoms with E-state index in [9.17, 15) is 0 Å². The number of nitrogens with one attached hydrogen (secondary N) is 2. The van der Waals surface area contributed by atoms with Crippen LogP contribution in [0.2, 0.25) is 0 Å². The van der Waals surface area contributed by atoms with Crippen molar-refractivity contribution in [3.05, 3.63) is 41.5 Å². The summed E-state index contributed by atoms with van der Waals surface area (Å²) < 4.78 is 7.21. The highest BCUT2D eigenvalue weighted by molar-refractivity contribution is 14.0. The minimum absolute atomic E-state index is 0. The standard InChI is InChI=1S/C22H35N7O.HI/c1-18-26-27-21(28(18)2)17-25-22(24-13-16-29-14-5-4-6-15-29)23-12-11-19-7-9-20(30-3)10-8-19;/h7-10H,4-6,11-17H2,1-3H3,(H2,23,24,25);1H. The van der Waals surface area contributed by atoms with Gasteiger partial charge in [0.25, 0.3) is 0 Å². The Hall–Kier alpha value is -1.88. The summed E-state index contributed by atoms with van der Waals surface area (Å²) in [6.07, 6.45) is 4.90. The highest BCUT2D eigenvalue weighted by Gasteiger charge is 2.10. The maximum absolute atomic E-state index is 5.23. The number of guanidine groups is 1. The van der Waals surface area contributed by atoms with Crippen LogP contribution < -0.4 is 15.4 Å². The molecule has 1 saturated heterocycles. The molecule has 1 aliphatic heterocycles. The fourth-order valence-electron chi connectivity index (χ4n) is 3.55. The van der Waals surface area contributed by atoms with Crippen LogP contribution in [0.3, 0.4) is 0 Å². The van der Waals surface area contributed by atoms with E-state index < -0.39 is 0 Å². The Balaban J connectivity index is 0.00000341. The van der Waals surface area contributed by atoms with Crippen LogP contribution in [0.4, 0.5) is 0 Å². The zero-order chi connectivity index (χ0) is 21.2. The second-order valence-corrected chi connectivity index (χ2v) is 7.74. The molecular formula is C22H36IN7O. The lowest BCUT2D eigenvalue weighted by atomic mass is 10.1. The normalized spacial score (nSPS) is 14.7. The summed E-state index contributed by atoms with van der Waals surface area (Å²) in [4.78, 5) is 7.27. The maximum Gasteiger partial charge on any atom is 0.191 e. The molecule has 3 rings (SSSR count). The molecule has 9 heteroatoms. The molecule has 0 spiro atoms. The summed E-state index contributed by atoms with van der Waals surface area (Å²) in [5.41, 5.74) is 1.26. The van der Waals surface area contributed by atoms with Gasteiger partial charge in [0.2, 0.25) is 0 Å². The Labute approximate surface area is 202 Å². The Morgan fingerprint density at radius 1 is 1.06 bits per heavy atom. The number of rotatable bonds is 9. The third-order valence-corrected chi connectivity index (χ3v) is 5.60. The zero-order valence-corrected chi connectivity index (χ0v) is 21.3. The molecule has 8 nitrogen and oxygen atoms in total. The molecule has 0 atom stereocenters. The Morgan fingerprint density at radius 2 is 1.77 bits per heavy atom. The lowest BCUT2D eigenvalue weighted by Crippen LogP contribution is -2.43. The zero-order valence-electron chi connectivity index (χ0n) is 18.9. The second-order valence-electron chi connectivity index (χ2n) is 7.74. The first-order valence-electron chi connectivity index (χ1n) is 10.9. The molecule has 172 valence electrons. The van der Waals surface area contributed by atoms with E-state index in [0.717, 1.165) is 49.4 Å². The van der Waals surface area contributed by atoms with Crippen molar-refractivity contribution in [3.63, 3.8) is 0 Å². The predicted molar refractivity (Wildman–Crippen MR) is 135 cm³/mol. The van der Waals surface area contributed by atoms with Crippen LogP contribution in [0.15, 0.2) is 29.3 Å². The number of hydrogen-bond acceptors (Lipinski definition) is 5. The van der Waals surface area contributed by atoms with E-state index in [1.165, 1.54) is 37.9 Å². The average Bonchev–Trinajstić information content (AvgIpc) is 3.10. The molecule has 2 aromatic rings. The predicted octanol–water partition coefficient (Wildman–Crippen LogP) is 2.51. The van der Waals surface area contributed by atoms with Crippen molar-refractivity contribution in [2.24, 2.45) is 12.0 Å². The van der Waals surface area contributed by atoms with Gasteiger partial charge in [-0.15, -0.1) is 34.2 Å². The highest BCUT2D eigenvalue weighted by Crippen LogP contribution is 2.11. The number of likely N-dealkylation sites (tertiary alicyclic amines) is 1. The third-order valence-electron chi connectivity index (χ3n) is 5.60. The number of ether oxygens (including phenoxy) is 1. The minimum atomic E-state index is 0. The van der Waals surface area contributed by atoms with Crippen molar-refractivity contribution in [3.8, 4) is 5.75 Å². The fourth-order valence-corrected chi connectivity index (χ4v) is 3.55. The van der Waals surface area contributed by atoms with Crippen LogP contribution in [0, 0.1) is 6.92 Å². The van der Waals surface area contributed by atoms with E-state index in [1.807, 2.05) is 30.7 Å². The summed E-state index contributed by atoms with van der Waals surface area (Å²) in [6, 6.07) is 8.20. The van der Waals surface area contributed by atoms with Gasteiger partial charge in [0.05, 0.1) is 7.11 Å². The van der Waals surface area contributed by atoms with Crippen molar-refractivity contribution >= 4 is 29.9 Å². The lowest BCUT2D eigenvalue weighted by molar-refractivity contribution is 0.232. The molecule has 0 saturated carbocycles. The van der Waals surface area contributed by atoms with Gasteiger partial charge in [0.15, 0.2) is 11.8 Å². The minimum Gasteiger partial charge on any atom is -0.497 e. The molecule has 0 unspecified atom stereocenters. The van der Waals surface area contributed by atoms with Crippen LogP contribution in [0.5, 0.6) is 5.75 Å². The summed E-state index contributed by atoms with van der Waals surface area (Å²) in [7, 11) is 3.66. The first-order chi connectivity index (χ1) is 14.7. The molecule has 31 heavy (non-hydrogen) atoms. The van der Waals surface area contributed by atoms with Gasteiger partial charge in [0.1, 0.15) is 18.1 Å². The Kier molecular flexibility index (Phi) is 11.1. The van der Waals surface area contributed by atoms with Crippen LogP contribution in [-0.4, -0.2) is 65.5 Å². The molecule has 1 aromatic heterocycles. The maximum atomic E-state index is 5.23. The SMILES string of the molecule is COc1ccc(CCNC(=NCc2nnc(C)n2C)NCCN2CCCCC2)cc1.I. The van der Waals surface area contributed by atoms with Crippen molar-refractivity contribution in [1.82, 2.24) is 30.3 Å². The Bertz CT molecular complexity index is 801. The first kappa shape index (κ1) is 25.4. The van der Waals surface area contributed by atoms with Gasteiger partial charge in [-0.05, 0) is 57.0 Å². The summed E-state index contributed by atoms with van der Waals surface area (Å²) >= 11 is 0. The first-order valence-corrected chi connectivity index (χ1v) is 10.9. The quantitative estimate of drug-likeness (QED) is 0.289. The van der Waals surface area contributed by atoms with Gasteiger partial charge in [-0.1, -0.05) is 18.6 Å². The number of aryl methyl sites for hydroxylation is 1. The molecule has 0 bridgehead atoms. The van der Waals surface area contributed by atoms with Crippen molar-refractivity contribution in [2.75, 3.05) is 39.8 Å². The monoisotopic (exact) mass is 541 g/mol.